The van der Waals surface area contributed by atoms with Crippen LogP contribution in [0.3, 0.4) is 0 Å². The summed E-state index contributed by atoms with van der Waals surface area (Å²) < 4.78 is 20.4. The third-order valence-electron chi connectivity index (χ3n) is 5.19. The Labute approximate surface area is 190 Å². The lowest BCUT2D eigenvalue weighted by atomic mass is 9.93. The van der Waals surface area contributed by atoms with Gasteiger partial charge >= 0.3 is 0 Å². The molecule has 1 aliphatic rings. The van der Waals surface area contributed by atoms with Crippen molar-refractivity contribution in [1.82, 2.24) is 15.3 Å². The van der Waals surface area contributed by atoms with Crippen molar-refractivity contribution in [3.63, 3.8) is 0 Å². The minimum Gasteiger partial charge on any atom is -0.471 e. The first kappa shape index (κ1) is 22.2. The topological polar surface area (TPSA) is 122 Å². The minimum absolute atomic E-state index is 0.0350. The molecule has 5 N–H and O–H groups in total. The van der Waals surface area contributed by atoms with Crippen LogP contribution in [0.5, 0.6) is 5.88 Å². The van der Waals surface area contributed by atoms with E-state index in [0.29, 0.717) is 34.9 Å². The maximum Gasteiger partial charge on any atom is 0.253 e. The molecule has 1 aromatic carbocycles. The predicted molar refractivity (Wildman–Crippen MR) is 122 cm³/mol. The highest BCUT2D eigenvalue weighted by Crippen LogP contribution is 2.39. The van der Waals surface area contributed by atoms with Crippen LogP contribution in [0.2, 0.25) is 0 Å². The molecule has 0 saturated carbocycles. The number of ether oxygens (including phenoxy) is 1. The standard InChI is InChI=1S/C24H24FN5O3/c1-2-9-28-23(31)20-21(26)16-7-5-6-15(22(16)30-24(20)32)17-11-14(29-12-18(17)25)13-33-19-8-3-4-10-27-19/h3-8,10-12,24,30,32H,2,9,13,26H2,1H3,(H,28,31). The van der Waals surface area contributed by atoms with Gasteiger partial charge in [-0.05, 0) is 18.6 Å². The first-order valence-electron chi connectivity index (χ1n) is 10.5. The second kappa shape index (κ2) is 9.66. The molecule has 170 valence electrons. The average molecular weight is 449 g/mol. The molecule has 3 heterocycles. The number of carbonyl (C=O) groups is 1. The summed E-state index contributed by atoms with van der Waals surface area (Å²) in [4.78, 5) is 20.7. The van der Waals surface area contributed by atoms with Gasteiger partial charge < -0.3 is 26.2 Å². The number of benzene rings is 1. The molecule has 4 rings (SSSR count). The van der Waals surface area contributed by atoms with Crippen LogP contribution < -0.4 is 21.1 Å². The van der Waals surface area contributed by atoms with Gasteiger partial charge in [0, 0.05) is 35.5 Å². The van der Waals surface area contributed by atoms with E-state index in [9.17, 15) is 14.3 Å². The summed E-state index contributed by atoms with van der Waals surface area (Å²) in [5.41, 5.74) is 8.59. The second-order valence-electron chi connectivity index (χ2n) is 7.47. The molecule has 0 spiro atoms. The Morgan fingerprint density at radius 2 is 2.03 bits per heavy atom. The zero-order valence-electron chi connectivity index (χ0n) is 18.0. The van der Waals surface area contributed by atoms with Gasteiger partial charge in [0.05, 0.1) is 28.8 Å². The summed E-state index contributed by atoms with van der Waals surface area (Å²) in [5.74, 6) is -0.566. The molecule has 8 nitrogen and oxygen atoms in total. The third-order valence-corrected chi connectivity index (χ3v) is 5.19. The fraction of sp³-hybridized carbons (Fsp3) is 0.208. The van der Waals surface area contributed by atoms with Crippen LogP contribution in [0.15, 0.2) is 60.4 Å². The number of aliphatic hydroxyl groups excluding tert-OH is 1. The zero-order chi connectivity index (χ0) is 23.4. The molecule has 0 radical (unpaired) electrons. The fourth-order valence-electron chi connectivity index (χ4n) is 3.59. The fourth-order valence-corrected chi connectivity index (χ4v) is 3.59. The first-order chi connectivity index (χ1) is 16.0. The van der Waals surface area contributed by atoms with Gasteiger partial charge in [-0.2, -0.15) is 0 Å². The highest BCUT2D eigenvalue weighted by Gasteiger charge is 2.30. The van der Waals surface area contributed by atoms with Gasteiger partial charge in [-0.15, -0.1) is 0 Å². The number of nitrogens with zero attached hydrogens (tertiary/aromatic N) is 2. The molecular formula is C24H24FN5O3. The largest absolute Gasteiger partial charge is 0.471 e. The monoisotopic (exact) mass is 449 g/mol. The van der Waals surface area contributed by atoms with Crippen molar-refractivity contribution in [2.75, 3.05) is 11.9 Å². The number of nitrogens with two attached hydrogens (primary N) is 1. The van der Waals surface area contributed by atoms with E-state index in [4.69, 9.17) is 10.5 Å². The van der Waals surface area contributed by atoms with Crippen LogP contribution >= 0.6 is 0 Å². The number of rotatable bonds is 7. The maximum atomic E-state index is 14.8. The number of nitrogens with one attached hydrogen (secondary N) is 2. The summed E-state index contributed by atoms with van der Waals surface area (Å²) in [6.45, 7) is 2.48. The molecular weight excluding hydrogens is 425 g/mol. The summed E-state index contributed by atoms with van der Waals surface area (Å²) in [7, 11) is 0. The number of pyridine rings is 2. The molecule has 0 bridgehead atoms. The third kappa shape index (κ3) is 4.63. The molecule has 33 heavy (non-hydrogen) atoms. The Morgan fingerprint density at radius 3 is 2.79 bits per heavy atom. The molecule has 0 aliphatic carbocycles. The number of aliphatic hydroxyl groups is 1. The van der Waals surface area contributed by atoms with Crippen molar-refractivity contribution >= 4 is 17.3 Å². The van der Waals surface area contributed by atoms with E-state index in [2.05, 4.69) is 20.6 Å². The van der Waals surface area contributed by atoms with Crippen molar-refractivity contribution in [3.8, 4) is 17.0 Å². The smallest absolute Gasteiger partial charge is 0.253 e. The summed E-state index contributed by atoms with van der Waals surface area (Å²) >= 11 is 0. The van der Waals surface area contributed by atoms with Crippen molar-refractivity contribution in [1.29, 1.82) is 0 Å². The van der Waals surface area contributed by atoms with Gasteiger partial charge in [0.2, 0.25) is 5.88 Å². The molecule has 1 amide bonds. The Balaban J connectivity index is 1.69. The Kier molecular flexibility index (Phi) is 6.50. The van der Waals surface area contributed by atoms with Crippen LogP contribution in [0.25, 0.3) is 16.8 Å². The van der Waals surface area contributed by atoms with Crippen molar-refractivity contribution in [3.05, 3.63) is 77.5 Å². The van der Waals surface area contributed by atoms with E-state index in [1.165, 1.54) is 0 Å². The van der Waals surface area contributed by atoms with Gasteiger partial charge in [-0.25, -0.2) is 9.37 Å². The van der Waals surface area contributed by atoms with E-state index in [1.807, 2.05) is 6.92 Å². The normalized spacial score (nSPS) is 14.9. The number of para-hydroxylation sites is 1. The zero-order valence-corrected chi connectivity index (χ0v) is 18.0. The molecule has 1 atom stereocenters. The van der Waals surface area contributed by atoms with Crippen LogP contribution in [0, 0.1) is 5.82 Å². The Bertz CT molecular complexity index is 1200. The number of anilines is 1. The van der Waals surface area contributed by atoms with Crippen molar-refractivity contribution < 1.29 is 19.0 Å². The number of hydrogen-bond donors (Lipinski definition) is 4. The quantitative estimate of drug-likeness (QED) is 0.437. The Morgan fingerprint density at radius 1 is 1.21 bits per heavy atom. The number of hydrogen-bond acceptors (Lipinski definition) is 7. The second-order valence-corrected chi connectivity index (χ2v) is 7.47. The van der Waals surface area contributed by atoms with Gasteiger partial charge in [0.1, 0.15) is 12.4 Å². The average Bonchev–Trinajstić information content (AvgIpc) is 2.82. The number of halogens is 1. The van der Waals surface area contributed by atoms with Crippen molar-refractivity contribution in [2.45, 2.75) is 26.2 Å². The SMILES string of the molecule is CCCNC(=O)C1=C(N)c2cccc(-c3cc(COc4ccccn4)ncc3F)c2NC1O. The van der Waals surface area contributed by atoms with Gasteiger partial charge in [0.15, 0.2) is 6.23 Å². The summed E-state index contributed by atoms with van der Waals surface area (Å²) in [6.07, 6.45) is 2.14. The molecule has 3 aromatic rings. The van der Waals surface area contributed by atoms with E-state index < -0.39 is 18.0 Å². The van der Waals surface area contributed by atoms with E-state index in [0.717, 1.165) is 12.6 Å². The summed E-state index contributed by atoms with van der Waals surface area (Å²) in [6, 6.07) is 12.0. The van der Waals surface area contributed by atoms with Crippen LogP contribution in [0.4, 0.5) is 10.1 Å². The minimum atomic E-state index is -1.34. The highest BCUT2D eigenvalue weighted by atomic mass is 19.1. The van der Waals surface area contributed by atoms with Gasteiger partial charge in [-0.3, -0.25) is 9.78 Å². The van der Waals surface area contributed by atoms with Crippen molar-refractivity contribution in [2.24, 2.45) is 5.73 Å². The lowest BCUT2D eigenvalue weighted by Crippen LogP contribution is -2.38. The van der Waals surface area contributed by atoms with Crippen LogP contribution in [0.1, 0.15) is 24.6 Å². The maximum absolute atomic E-state index is 14.8. The Hall–Kier alpha value is -3.98. The van der Waals surface area contributed by atoms with E-state index in [1.54, 1.807) is 48.7 Å². The molecule has 9 heteroatoms. The number of amides is 1. The first-order valence-corrected chi connectivity index (χ1v) is 10.5. The molecule has 0 fully saturated rings. The molecule has 0 saturated heterocycles. The summed E-state index contributed by atoms with van der Waals surface area (Å²) in [5, 5.41) is 16.2. The molecule has 2 aromatic heterocycles. The highest BCUT2D eigenvalue weighted by molar-refractivity contribution is 6.06. The van der Waals surface area contributed by atoms with E-state index in [-0.39, 0.29) is 23.4 Å². The predicted octanol–water partition coefficient (Wildman–Crippen LogP) is 2.80. The molecule has 1 aliphatic heterocycles. The van der Waals surface area contributed by atoms with Crippen LogP contribution in [-0.2, 0) is 11.4 Å². The number of aromatic nitrogens is 2. The van der Waals surface area contributed by atoms with E-state index >= 15 is 0 Å². The van der Waals surface area contributed by atoms with Gasteiger partial charge in [-0.1, -0.05) is 31.2 Å². The van der Waals surface area contributed by atoms with Gasteiger partial charge in [0.25, 0.3) is 5.91 Å². The lowest BCUT2D eigenvalue weighted by Gasteiger charge is -2.28. The van der Waals surface area contributed by atoms with Crippen LogP contribution in [-0.4, -0.2) is 33.8 Å². The number of carbonyl (C=O) groups excluding carboxylic acids is 1. The number of fused-ring (bicyclic) bond motifs is 1. The molecule has 1 unspecified atom stereocenters. The lowest BCUT2D eigenvalue weighted by molar-refractivity contribution is -0.118.